The van der Waals surface area contributed by atoms with Crippen LogP contribution in [-0.4, -0.2) is 70.8 Å². The molecule has 0 amide bonds. The number of rotatable bonds is 4. The minimum atomic E-state index is -2.87. The Morgan fingerprint density at radius 2 is 1.69 bits per heavy atom. The largest absolute Gasteiger partial charge is 0.444 e. The highest BCUT2D eigenvalue weighted by molar-refractivity contribution is 5.73. The number of nitrogens with zero attached hydrogens (tertiary/aromatic N) is 2. The van der Waals surface area contributed by atoms with Crippen molar-refractivity contribution in [1.82, 2.24) is 9.80 Å². The molecule has 0 bridgehead atoms. The molecule has 7 heteroatoms. The number of esters is 1. The third kappa shape index (κ3) is 4.93. The zero-order valence-corrected chi connectivity index (χ0v) is 16.7. The standard InChI is InChI=1S/C19H34F2N2O3/c1-17(2,3)22-9-6-14(7-10-22)16(25)26-18(4,5)23-11-8-19(20,21)15(12-23)13-24/h14-15,24H,6-13H2,1-5H3. The van der Waals surface area contributed by atoms with Crippen LogP contribution in [0.5, 0.6) is 0 Å². The highest BCUT2D eigenvalue weighted by atomic mass is 19.3. The monoisotopic (exact) mass is 376 g/mol. The summed E-state index contributed by atoms with van der Waals surface area (Å²) in [6.45, 7) is 11.3. The number of carbonyl (C=O) groups excluding carboxylic acids is 1. The van der Waals surface area contributed by atoms with E-state index in [1.54, 1.807) is 18.7 Å². The highest BCUT2D eigenvalue weighted by Crippen LogP contribution is 2.36. The molecular weight excluding hydrogens is 342 g/mol. The van der Waals surface area contributed by atoms with E-state index in [-0.39, 0.29) is 36.9 Å². The third-order valence-corrected chi connectivity index (χ3v) is 5.86. The number of hydrogen-bond acceptors (Lipinski definition) is 5. The van der Waals surface area contributed by atoms with E-state index in [1.165, 1.54) is 0 Å². The average Bonchev–Trinajstić information content (AvgIpc) is 2.53. The number of piperidine rings is 2. The van der Waals surface area contributed by atoms with Crippen molar-refractivity contribution in [2.75, 3.05) is 32.8 Å². The summed E-state index contributed by atoms with van der Waals surface area (Å²) in [5, 5.41) is 9.27. The van der Waals surface area contributed by atoms with Crippen LogP contribution in [0.4, 0.5) is 8.78 Å². The Bertz CT molecular complexity index is 498. The first kappa shape index (κ1) is 21.5. The molecule has 2 fully saturated rings. The Morgan fingerprint density at radius 3 is 2.19 bits per heavy atom. The van der Waals surface area contributed by atoms with E-state index in [9.17, 15) is 18.7 Å². The zero-order valence-electron chi connectivity index (χ0n) is 16.7. The predicted molar refractivity (Wildman–Crippen MR) is 95.9 cm³/mol. The Hall–Kier alpha value is -0.790. The van der Waals surface area contributed by atoms with E-state index in [1.807, 2.05) is 0 Å². The highest BCUT2D eigenvalue weighted by Gasteiger charge is 2.47. The van der Waals surface area contributed by atoms with Gasteiger partial charge in [0.25, 0.3) is 5.92 Å². The van der Waals surface area contributed by atoms with E-state index in [4.69, 9.17) is 4.74 Å². The molecular formula is C19H34F2N2O3. The molecule has 2 saturated heterocycles. The van der Waals surface area contributed by atoms with Crippen molar-refractivity contribution in [1.29, 1.82) is 0 Å². The molecule has 0 aliphatic carbocycles. The van der Waals surface area contributed by atoms with Gasteiger partial charge in [0.1, 0.15) is 0 Å². The van der Waals surface area contributed by atoms with E-state index in [2.05, 4.69) is 25.7 Å². The molecule has 2 rings (SSSR count). The topological polar surface area (TPSA) is 53.0 Å². The van der Waals surface area contributed by atoms with E-state index in [0.29, 0.717) is 0 Å². The van der Waals surface area contributed by atoms with E-state index >= 15 is 0 Å². The van der Waals surface area contributed by atoms with Gasteiger partial charge in [-0.05, 0) is 60.5 Å². The van der Waals surface area contributed by atoms with Crippen LogP contribution in [0.1, 0.15) is 53.9 Å². The van der Waals surface area contributed by atoms with Gasteiger partial charge in [0.05, 0.1) is 18.4 Å². The van der Waals surface area contributed by atoms with Crippen molar-refractivity contribution in [2.45, 2.75) is 71.1 Å². The quantitative estimate of drug-likeness (QED) is 0.765. The van der Waals surface area contributed by atoms with Gasteiger partial charge in [0.15, 0.2) is 5.72 Å². The molecule has 26 heavy (non-hydrogen) atoms. The molecule has 1 atom stereocenters. The molecule has 1 N–H and O–H groups in total. The van der Waals surface area contributed by atoms with Gasteiger partial charge in [-0.2, -0.15) is 0 Å². The van der Waals surface area contributed by atoms with Gasteiger partial charge in [0.2, 0.25) is 0 Å². The summed E-state index contributed by atoms with van der Waals surface area (Å²) in [6, 6.07) is 0. The normalized spacial score (nSPS) is 26.7. The zero-order chi connectivity index (χ0) is 19.8. The maximum atomic E-state index is 13.8. The summed E-state index contributed by atoms with van der Waals surface area (Å²) >= 11 is 0. The number of aliphatic hydroxyl groups is 1. The van der Waals surface area contributed by atoms with Gasteiger partial charge >= 0.3 is 5.97 Å². The van der Waals surface area contributed by atoms with Crippen LogP contribution in [0.15, 0.2) is 0 Å². The maximum absolute atomic E-state index is 13.8. The lowest BCUT2D eigenvalue weighted by Gasteiger charge is -2.46. The van der Waals surface area contributed by atoms with Crippen molar-refractivity contribution in [3.05, 3.63) is 0 Å². The molecule has 0 saturated carbocycles. The second-order valence-corrected chi connectivity index (χ2v) is 9.14. The number of ether oxygens (including phenoxy) is 1. The minimum absolute atomic E-state index is 0.0201. The van der Waals surface area contributed by atoms with Crippen LogP contribution >= 0.6 is 0 Å². The van der Waals surface area contributed by atoms with Gasteiger partial charge in [-0.3, -0.25) is 14.6 Å². The van der Waals surface area contributed by atoms with Gasteiger partial charge < -0.3 is 9.84 Å². The smallest absolute Gasteiger partial charge is 0.310 e. The molecule has 0 spiro atoms. The first-order valence-electron chi connectivity index (χ1n) is 9.58. The number of hydrogen-bond donors (Lipinski definition) is 1. The molecule has 5 nitrogen and oxygen atoms in total. The van der Waals surface area contributed by atoms with Crippen molar-refractivity contribution in [3.63, 3.8) is 0 Å². The maximum Gasteiger partial charge on any atom is 0.310 e. The number of alkyl halides is 2. The fourth-order valence-electron chi connectivity index (χ4n) is 3.84. The van der Waals surface area contributed by atoms with Gasteiger partial charge in [-0.15, -0.1) is 0 Å². The molecule has 1 unspecified atom stereocenters. The summed E-state index contributed by atoms with van der Waals surface area (Å²) < 4.78 is 33.4. The lowest BCUT2D eigenvalue weighted by atomic mass is 9.92. The molecule has 0 aromatic rings. The number of likely N-dealkylation sites (tertiary alicyclic amines) is 2. The first-order chi connectivity index (χ1) is 11.9. The minimum Gasteiger partial charge on any atom is -0.444 e. The summed E-state index contributed by atoms with van der Waals surface area (Å²) in [7, 11) is 0. The number of carbonyl (C=O) groups is 1. The van der Waals surface area contributed by atoms with Crippen molar-refractivity contribution < 1.29 is 23.4 Å². The van der Waals surface area contributed by atoms with Gasteiger partial charge in [-0.25, -0.2) is 8.78 Å². The predicted octanol–water partition coefficient (Wildman–Crippen LogP) is 2.73. The third-order valence-electron chi connectivity index (χ3n) is 5.86. The van der Waals surface area contributed by atoms with Gasteiger partial charge in [-0.1, -0.05) is 0 Å². The fraction of sp³-hybridized carbons (Fsp3) is 0.947. The van der Waals surface area contributed by atoms with Gasteiger partial charge in [0, 0.05) is 25.0 Å². The molecule has 0 radical (unpaired) electrons. The first-order valence-corrected chi connectivity index (χ1v) is 9.58. The van der Waals surface area contributed by atoms with Crippen LogP contribution < -0.4 is 0 Å². The average molecular weight is 376 g/mol. The molecule has 152 valence electrons. The van der Waals surface area contributed by atoms with Crippen LogP contribution in [0.2, 0.25) is 0 Å². The van der Waals surface area contributed by atoms with Crippen molar-refractivity contribution in [3.8, 4) is 0 Å². The number of halogens is 2. The molecule has 0 aromatic carbocycles. The Kier molecular flexibility index (Phi) is 6.35. The second kappa shape index (κ2) is 7.68. The fourth-order valence-corrected chi connectivity index (χ4v) is 3.84. The van der Waals surface area contributed by atoms with Crippen LogP contribution in [0, 0.1) is 11.8 Å². The van der Waals surface area contributed by atoms with E-state index < -0.39 is 24.2 Å². The molecule has 2 aliphatic heterocycles. The molecule has 0 aromatic heterocycles. The van der Waals surface area contributed by atoms with E-state index in [0.717, 1.165) is 25.9 Å². The molecule has 2 heterocycles. The van der Waals surface area contributed by atoms with Crippen molar-refractivity contribution in [2.24, 2.45) is 11.8 Å². The second-order valence-electron chi connectivity index (χ2n) is 9.14. The Balaban J connectivity index is 1.92. The Morgan fingerprint density at radius 1 is 1.12 bits per heavy atom. The molecule has 2 aliphatic rings. The van der Waals surface area contributed by atoms with Crippen LogP contribution in [0.3, 0.4) is 0 Å². The van der Waals surface area contributed by atoms with Crippen LogP contribution in [0.25, 0.3) is 0 Å². The summed E-state index contributed by atoms with van der Waals surface area (Å²) in [4.78, 5) is 16.7. The summed E-state index contributed by atoms with van der Waals surface area (Å²) in [5.41, 5.74) is -0.866. The number of aliphatic hydroxyl groups excluding tert-OH is 1. The summed E-state index contributed by atoms with van der Waals surface area (Å²) in [5.74, 6) is -4.39. The lowest BCUT2D eigenvalue weighted by Crippen LogP contribution is -2.57. The Labute approximate surface area is 155 Å². The SMILES string of the molecule is CC(C)(C)N1CCC(C(=O)OC(C)(C)N2CCC(F)(F)C(CO)C2)CC1. The van der Waals surface area contributed by atoms with Crippen LogP contribution in [-0.2, 0) is 9.53 Å². The lowest BCUT2D eigenvalue weighted by molar-refractivity contribution is -0.203. The van der Waals surface area contributed by atoms with Crippen molar-refractivity contribution >= 4 is 5.97 Å². The summed E-state index contributed by atoms with van der Waals surface area (Å²) in [6.07, 6.45) is 1.18.